The zero-order chi connectivity index (χ0) is 8.97. The summed E-state index contributed by atoms with van der Waals surface area (Å²) in [5.41, 5.74) is 7.05. The standard InChI is InChI=1S/C8H12N2O2/c1-12-8-4-6(2-3-11)7(9)5-10-8/h4-5,11H,2-3,9H2,1H3. The molecule has 4 heteroatoms. The van der Waals surface area contributed by atoms with Crippen LogP contribution in [0.15, 0.2) is 12.3 Å². The van der Waals surface area contributed by atoms with E-state index in [2.05, 4.69) is 4.98 Å². The number of nitrogens with two attached hydrogens (primary N) is 1. The lowest BCUT2D eigenvalue weighted by atomic mass is 10.2. The van der Waals surface area contributed by atoms with Gasteiger partial charge in [-0.1, -0.05) is 0 Å². The summed E-state index contributed by atoms with van der Waals surface area (Å²) in [6.07, 6.45) is 2.06. The zero-order valence-electron chi connectivity index (χ0n) is 6.95. The van der Waals surface area contributed by atoms with Crippen LogP contribution in [0.5, 0.6) is 5.88 Å². The van der Waals surface area contributed by atoms with Gasteiger partial charge in [-0.25, -0.2) is 4.98 Å². The number of nitrogens with zero attached hydrogens (tertiary/aromatic N) is 1. The Morgan fingerprint density at radius 3 is 3.00 bits per heavy atom. The highest BCUT2D eigenvalue weighted by atomic mass is 16.5. The number of ether oxygens (including phenoxy) is 1. The normalized spacial score (nSPS) is 9.83. The second-order valence-electron chi connectivity index (χ2n) is 2.40. The van der Waals surface area contributed by atoms with E-state index in [9.17, 15) is 0 Å². The highest BCUT2D eigenvalue weighted by Crippen LogP contribution is 2.16. The molecule has 1 aromatic rings. The predicted octanol–water partition coefficient (Wildman–Crippen LogP) is 0.207. The topological polar surface area (TPSA) is 68.4 Å². The molecule has 1 rings (SSSR count). The Bertz CT molecular complexity index is 263. The number of anilines is 1. The molecule has 0 aliphatic heterocycles. The first-order chi connectivity index (χ1) is 5.77. The van der Waals surface area contributed by atoms with Crippen molar-refractivity contribution in [3.8, 4) is 5.88 Å². The molecular weight excluding hydrogens is 156 g/mol. The van der Waals surface area contributed by atoms with Crippen molar-refractivity contribution in [1.29, 1.82) is 0 Å². The van der Waals surface area contributed by atoms with E-state index >= 15 is 0 Å². The van der Waals surface area contributed by atoms with Gasteiger partial charge in [-0.2, -0.15) is 0 Å². The SMILES string of the molecule is COc1cc(CCO)c(N)cn1. The van der Waals surface area contributed by atoms with Crippen molar-refractivity contribution in [2.24, 2.45) is 0 Å². The Morgan fingerprint density at radius 1 is 1.67 bits per heavy atom. The average molecular weight is 168 g/mol. The number of aromatic nitrogens is 1. The molecule has 0 fully saturated rings. The first-order valence-corrected chi connectivity index (χ1v) is 3.67. The summed E-state index contributed by atoms with van der Waals surface area (Å²) in [5, 5.41) is 8.69. The molecule has 3 N–H and O–H groups in total. The minimum Gasteiger partial charge on any atom is -0.481 e. The van der Waals surface area contributed by atoms with E-state index < -0.39 is 0 Å². The monoisotopic (exact) mass is 168 g/mol. The first-order valence-electron chi connectivity index (χ1n) is 3.67. The molecule has 1 heterocycles. The van der Waals surface area contributed by atoms with E-state index in [4.69, 9.17) is 15.6 Å². The van der Waals surface area contributed by atoms with Crippen LogP contribution in [0.3, 0.4) is 0 Å². The Labute approximate surface area is 71.0 Å². The average Bonchev–Trinajstić information content (AvgIpc) is 2.09. The second-order valence-corrected chi connectivity index (χ2v) is 2.40. The van der Waals surface area contributed by atoms with Crippen molar-refractivity contribution in [2.45, 2.75) is 6.42 Å². The Kier molecular flexibility index (Phi) is 2.88. The number of pyridine rings is 1. The molecule has 0 saturated carbocycles. The third-order valence-corrected chi connectivity index (χ3v) is 1.59. The van der Waals surface area contributed by atoms with Gasteiger partial charge < -0.3 is 15.6 Å². The van der Waals surface area contributed by atoms with Crippen molar-refractivity contribution in [1.82, 2.24) is 4.98 Å². The van der Waals surface area contributed by atoms with Crippen molar-refractivity contribution >= 4 is 5.69 Å². The number of aliphatic hydroxyl groups is 1. The summed E-state index contributed by atoms with van der Waals surface area (Å²) >= 11 is 0. The molecule has 0 aliphatic rings. The second kappa shape index (κ2) is 3.92. The molecule has 0 spiro atoms. The fourth-order valence-corrected chi connectivity index (χ4v) is 0.934. The first kappa shape index (κ1) is 8.80. The summed E-state index contributed by atoms with van der Waals surface area (Å²) < 4.78 is 4.91. The van der Waals surface area contributed by atoms with Crippen LogP contribution in [0, 0.1) is 0 Å². The van der Waals surface area contributed by atoms with Crippen LogP contribution in [0.2, 0.25) is 0 Å². The van der Waals surface area contributed by atoms with Crippen LogP contribution in [0.4, 0.5) is 5.69 Å². The van der Waals surface area contributed by atoms with Gasteiger partial charge in [0.15, 0.2) is 0 Å². The predicted molar refractivity (Wildman–Crippen MR) is 46.0 cm³/mol. The summed E-state index contributed by atoms with van der Waals surface area (Å²) in [6, 6.07) is 1.73. The van der Waals surface area contributed by atoms with Crippen molar-refractivity contribution in [3.05, 3.63) is 17.8 Å². The van der Waals surface area contributed by atoms with Crippen LogP contribution in [-0.2, 0) is 6.42 Å². The summed E-state index contributed by atoms with van der Waals surface area (Å²) in [7, 11) is 1.54. The maximum Gasteiger partial charge on any atom is 0.213 e. The van der Waals surface area contributed by atoms with Gasteiger partial charge in [-0.3, -0.25) is 0 Å². The molecule has 66 valence electrons. The fraction of sp³-hybridized carbons (Fsp3) is 0.375. The largest absolute Gasteiger partial charge is 0.481 e. The minimum atomic E-state index is 0.0807. The lowest BCUT2D eigenvalue weighted by Crippen LogP contribution is -1.99. The molecule has 0 unspecified atom stereocenters. The number of hydrogen-bond acceptors (Lipinski definition) is 4. The lowest BCUT2D eigenvalue weighted by Gasteiger charge is -2.04. The molecule has 0 aliphatic carbocycles. The Balaban J connectivity index is 2.91. The maximum atomic E-state index is 8.69. The van der Waals surface area contributed by atoms with E-state index in [0.717, 1.165) is 5.56 Å². The molecule has 0 radical (unpaired) electrons. The van der Waals surface area contributed by atoms with Gasteiger partial charge in [-0.15, -0.1) is 0 Å². The van der Waals surface area contributed by atoms with Gasteiger partial charge in [0.1, 0.15) is 0 Å². The van der Waals surface area contributed by atoms with Gasteiger partial charge >= 0.3 is 0 Å². The van der Waals surface area contributed by atoms with Crippen molar-refractivity contribution in [3.63, 3.8) is 0 Å². The molecular formula is C8H12N2O2. The third kappa shape index (κ3) is 1.85. The van der Waals surface area contributed by atoms with E-state index in [-0.39, 0.29) is 6.61 Å². The van der Waals surface area contributed by atoms with E-state index in [1.807, 2.05) is 0 Å². The molecule has 12 heavy (non-hydrogen) atoms. The van der Waals surface area contributed by atoms with Gasteiger partial charge in [-0.05, 0) is 12.0 Å². The van der Waals surface area contributed by atoms with Crippen molar-refractivity contribution < 1.29 is 9.84 Å². The molecule has 0 atom stereocenters. The number of aliphatic hydroxyl groups excluding tert-OH is 1. The minimum absolute atomic E-state index is 0.0807. The summed E-state index contributed by atoms with van der Waals surface area (Å²) in [4.78, 5) is 3.91. The summed E-state index contributed by atoms with van der Waals surface area (Å²) in [6.45, 7) is 0.0807. The fourth-order valence-electron chi connectivity index (χ4n) is 0.934. The number of nitrogen functional groups attached to an aromatic ring is 1. The summed E-state index contributed by atoms with van der Waals surface area (Å²) in [5.74, 6) is 0.521. The molecule has 0 aromatic carbocycles. The van der Waals surface area contributed by atoms with Crippen LogP contribution in [-0.4, -0.2) is 23.8 Å². The number of methoxy groups -OCH3 is 1. The Hall–Kier alpha value is -1.29. The van der Waals surface area contributed by atoms with Gasteiger partial charge in [0.25, 0.3) is 0 Å². The highest BCUT2D eigenvalue weighted by Gasteiger charge is 2.01. The van der Waals surface area contributed by atoms with Gasteiger partial charge in [0, 0.05) is 12.7 Å². The smallest absolute Gasteiger partial charge is 0.213 e. The highest BCUT2D eigenvalue weighted by molar-refractivity contribution is 5.46. The van der Waals surface area contributed by atoms with E-state index in [1.54, 1.807) is 13.2 Å². The number of rotatable bonds is 3. The molecule has 0 saturated heterocycles. The van der Waals surface area contributed by atoms with Crippen LogP contribution < -0.4 is 10.5 Å². The zero-order valence-corrected chi connectivity index (χ0v) is 6.95. The molecule has 0 bridgehead atoms. The Morgan fingerprint density at radius 2 is 2.42 bits per heavy atom. The van der Waals surface area contributed by atoms with Gasteiger partial charge in [0.05, 0.1) is 19.0 Å². The van der Waals surface area contributed by atoms with Crippen LogP contribution in [0.25, 0.3) is 0 Å². The van der Waals surface area contributed by atoms with E-state index in [1.165, 1.54) is 6.20 Å². The molecule has 0 amide bonds. The molecule has 1 aromatic heterocycles. The van der Waals surface area contributed by atoms with Crippen LogP contribution in [0.1, 0.15) is 5.56 Å². The number of hydrogen-bond donors (Lipinski definition) is 2. The molecule has 4 nitrogen and oxygen atoms in total. The maximum absolute atomic E-state index is 8.69. The third-order valence-electron chi connectivity index (χ3n) is 1.59. The van der Waals surface area contributed by atoms with E-state index in [0.29, 0.717) is 18.0 Å². The van der Waals surface area contributed by atoms with Crippen LogP contribution >= 0.6 is 0 Å². The van der Waals surface area contributed by atoms with Crippen molar-refractivity contribution in [2.75, 3.05) is 19.5 Å². The quantitative estimate of drug-likeness (QED) is 0.676. The lowest BCUT2D eigenvalue weighted by molar-refractivity contribution is 0.299. The van der Waals surface area contributed by atoms with Gasteiger partial charge in [0.2, 0.25) is 5.88 Å².